The van der Waals surface area contributed by atoms with Crippen LogP contribution >= 0.6 is 0 Å². The minimum atomic E-state index is -0.289. The third-order valence-electron chi connectivity index (χ3n) is 4.05. The van der Waals surface area contributed by atoms with Crippen molar-refractivity contribution in [3.05, 3.63) is 72.3 Å². The van der Waals surface area contributed by atoms with E-state index in [1.165, 1.54) is 5.39 Å². The maximum absolute atomic E-state index is 11.6. The largest absolute Gasteiger partial charge is 0.493 e. The van der Waals surface area contributed by atoms with Crippen molar-refractivity contribution < 1.29 is 14.3 Å². The monoisotopic (exact) mass is 349 g/mol. The first kappa shape index (κ1) is 17.8. The zero-order valence-electron chi connectivity index (χ0n) is 14.9. The smallest absolute Gasteiger partial charge is 0.338 e. The molecule has 3 aromatic rings. The average Bonchev–Trinajstić information content (AvgIpc) is 2.68. The Hall–Kier alpha value is -3.01. The zero-order valence-corrected chi connectivity index (χ0v) is 14.9. The van der Waals surface area contributed by atoms with Gasteiger partial charge in [-0.25, -0.2) is 4.79 Å². The van der Waals surface area contributed by atoms with Crippen LogP contribution in [0.3, 0.4) is 0 Å². The number of nitrogens with one attached hydrogen (secondary N) is 1. The zero-order chi connectivity index (χ0) is 18.2. The lowest BCUT2D eigenvalue weighted by molar-refractivity contribution is 0.0526. The third kappa shape index (κ3) is 4.54. The Bertz CT molecular complexity index is 853. The van der Waals surface area contributed by atoms with Crippen LogP contribution in [0.5, 0.6) is 5.75 Å². The molecular formula is C22H23NO3. The minimum Gasteiger partial charge on any atom is -0.493 e. The van der Waals surface area contributed by atoms with E-state index < -0.39 is 0 Å². The summed E-state index contributed by atoms with van der Waals surface area (Å²) in [5, 5.41) is 5.66. The van der Waals surface area contributed by atoms with Gasteiger partial charge in [0.05, 0.1) is 18.8 Å². The molecule has 0 aliphatic rings. The van der Waals surface area contributed by atoms with Gasteiger partial charge in [0.1, 0.15) is 5.75 Å². The molecule has 0 spiro atoms. The Labute approximate surface area is 153 Å². The fourth-order valence-corrected chi connectivity index (χ4v) is 2.75. The van der Waals surface area contributed by atoms with Crippen LogP contribution in [0.4, 0.5) is 5.69 Å². The number of carbonyl (C=O) groups is 1. The standard InChI is InChI=1S/C22H23NO3/c1-2-25-22(24)18-11-13-19(14-12-18)23-15-6-16-26-21-10-5-8-17-7-3-4-9-20(17)21/h3-5,7-14,23H,2,6,15-16H2,1H3. The van der Waals surface area contributed by atoms with Gasteiger partial charge in [-0.1, -0.05) is 36.4 Å². The van der Waals surface area contributed by atoms with E-state index in [0.29, 0.717) is 18.8 Å². The molecule has 0 saturated heterocycles. The average molecular weight is 349 g/mol. The Kier molecular flexibility index (Phi) is 6.09. The normalized spacial score (nSPS) is 10.5. The molecule has 0 fully saturated rings. The number of hydrogen-bond acceptors (Lipinski definition) is 4. The highest BCUT2D eigenvalue weighted by molar-refractivity contribution is 5.90. The second-order valence-corrected chi connectivity index (χ2v) is 5.90. The molecule has 0 bridgehead atoms. The van der Waals surface area contributed by atoms with E-state index >= 15 is 0 Å². The highest BCUT2D eigenvalue weighted by Gasteiger charge is 2.05. The quantitative estimate of drug-likeness (QED) is 0.464. The summed E-state index contributed by atoms with van der Waals surface area (Å²) in [6, 6.07) is 21.6. The van der Waals surface area contributed by atoms with Crippen molar-refractivity contribution in [1.82, 2.24) is 0 Å². The van der Waals surface area contributed by atoms with Crippen molar-refractivity contribution in [3.8, 4) is 5.75 Å². The number of anilines is 1. The summed E-state index contributed by atoms with van der Waals surface area (Å²) in [5.74, 6) is 0.629. The Balaban J connectivity index is 1.45. The molecule has 26 heavy (non-hydrogen) atoms. The summed E-state index contributed by atoms with van der Waals surface area (Å²) in [6.07, 6.45) is 0.878. The molecule has 134 valence electrons. The predicted octanol–water partition coefficient (Wildman–Crippen LogP) is 4.90. The van der Waals surface area contributed by atoms with Crippen molar-refractivity contribution in [2.45, 2.75) is 13.3 Å². The van der Waals surface area contributed by atoms with Crippen LogP contribution in [0, 0.1) is 0 Å². The van der Waals surface area contributed by atoms with Crippen molar-refractivity contribution in [1.29, 1.82) is 0 Å². The van der Waals surface area contributed by atoms with Crippen molar-refractivity contribution >= 4 is 22.4 Å². The number of fused-ring (bicyclic) bond motifs is 1. The molecule has 3 rings (SSSR count). The molecule has 3 aromatic carbocycles. The summed E-state index contributed by atoms with van der Waals surface area (Å²) in [7, 11) is 0. The number of carbonyl (C=O) groups excluding carboxylic acids is 1. The second kappa shape index (κ2) is 8.90. The molecule has 0 heterocycles. The second-order valence-electron chi connectivity index (χ2n) is 5.90. The van der Waals surface area contributed by atoms with Gasteiger partial charge in [-0.3, -0.25) is 0 Å². The topological polar surface area (TPSA) is 47.6 Å². The van der Waals surface area contributed by atoms with E-state index in [1.54, 1.807) is 19.1 Å². The van der Waals surface area contributed by atoms with Gasteiger partial charge >= 0.3 is 5.97 Å². The van der Waals surface area contributed by atoms with E-state index in [-0.39, 0.29) is 5.97 Å². The van der Waals surface area contributed by atoms with Gasteiger partial charge in [0.25, 0.3) is 0 Å². The van der Waals surface area contributed by atoms with Crippen LogP contribution in [0.1, 0.15) is 23.7 Å². The molecule has 0 aromatic heterocycles. The van der Waals surface area contributed by atoms with Gasteiger partial charge in [-0.15, -0.1) is 0 Å². The third-order valence-corrected chi connectivity index (χ3v) is 4.05. The minimum absolute atomic E-state index is 0.289. The van der Waals surface area contributed by atoms with Crippen molar-refractivity contribution in [3.63, 3.8) is 0 Å². The number of benzene rings is 3. The summed E-state index contributed by atoms with van der Waals surface area (Å²) in [4.78, 5) is 11.6. The number of ether oxygens (including phenoxy) is 2. The highest BCUT2D eigenvalue weighted by Crippen LogP contribution is 2.25. The first-order valence-electron chi connectivity index (χ1n) is 8.89. The van der Waals surface area contributed by atoms with Gasteiger partial charge < -0.3 is 14.8 Å². The van der Waals surface area contributed by atoms with Crippen LogP contribution in [0.15, 0.2) is 66.7 Å². The lowest BCUT2D eigenvalue weighted by Gasteiger charge is -2.10. The number of hydrogen-bond donors (Lipinski definition) is 1. The molecule has 4 nitrogen and oxygen atoms in total. The van der Waals surface area contributed by atoms with Gasteiger partial charge in [-0.2, -0.15) is 0 Å². The predicted molar refractivity (Wildman–Crippen MR) is 105 cm³/mol. The summed E-state index contributed by atoms with van der Waals surface area (Å²) >= 11 is 0. The molecule has 0 aliphatic heterocycles. The first-order valence-corrected chi connectivity index (χ1v) is 8.89. The van der Waals surface area contributed by atoms with Crippen LogP contribution in [0.25, 0.3) is 10.8 Å². The molecule has 0 radical (unpaired) electrons. The molecule has 4 heteroatoms. The number of esters is 1. The van der Waals surface area contributed by atoms with Gasteiger partial charge in [0, 0.05) is 17.6 Å². The van der Waals surface area contributed by atoms with E-state index in [0.717, 1.165) is 29.8 Å². The lowest BCUT2D eigenvalue weighted by Crippen LogP contribution is -2.08. The van der Waals surface area contributed by atoms with Crippen LogP contribution in [-0.2, 0) is 4.74 Å². The van der Waals surface area contributed by atoms with Gasteiger partial charge in [0.2, 0.25) is 0 Å². The Morgan fingerprint density at radius 3 is 2.54 bits per heavy atom. The number of rotatable bonds is 8. The van der Waals surface area contributed by atoms with Crippen LogP contribution in [0.2, 0.25) is 0 Å². The summed E-state index contributed by atoms with van der Waals surface area (Å²) in [5.41, 5.74) is 1.54. The highest BCUT2D eigenvalue weighted by atomic mass is 16.5. The van der Waals surface area contributed by atoms with E-state index in [4.69, 9.17) is 9.47 Å². The molecule has 0 atom stereocenters. The van der Waals surface area contributed by atoms with Crippen molar-refractivity contribution in [2.75, 3.05) is 25.1 Å². The molecule has 0 saturated carbocycles. The summed E-state index contributed by atoms with van der Waals surface area (Å²) < 4.78 is 10.9. The van der Waals surface area contributed by atoms with E-state index in [1.807, 2.05) is 36.4 Å². The molecule has 0 aliphatic carbocycles. The lowest BCUT2D eigenvalue weighted by atomic mass is 10.1. The Morgan fingerprint density at radius 1 is 0.962 bits per heavy atom. The van der Waals surface area contributed by atoms with Crippen molar-refractivity contribution in [2.24, 2.45) is 0 Å². The first-order chi connectivity index (χ1) is 12.8. The van der Waals surface area contributed by atoms with Gasteiger partial charge in [-0.05, 0) is 49.1 Å². The maximum Gasteiger partial charge on any atom is 0.338 e. The van der Waals surface area contributed by atoms with E-state index in [9.17, 15) is 4.79 Å². The molecule has 0 unspecified atom stereocenters. The maximum atomic E-state index is 11.6. The SMILES string of the molecule is CCOC(=O)c1ccc(NCCCOc2cccc3ccccc23)cc1. The molecule has 1 N–H and O–H groups in total. The molecule has 0 amide bonds. The van der Waals surface area contributed by atoms with Crippen LogP contribution < -0.4 is 10.1 Å². The molecular weight excluding hydrogens is 326 g/mol. The fourth-order valence-electron chi connectivity index (χ4n) is 2.75. The van der Waals surface area contributed by atoms with Gasteiger partial charge in [0.15, 0.2) is 0 Å². The van der Waals surface area contributed by atoms with E-state index in [2.05, 4.69) is 23.5 Å². The Morgan fingerprint density at radius 2 is 1.73 bits per heavy atom. The fraction of sp³-hybridized carbons (Fsp3) is 0.227. The summed E-state index contributed by atoms with van der Waals surface area (Å²) in [6.45, 7) is 3.62. The van der Waals surface area contributed by atoms with Crippen LogP contribution in [-0.4, -0.2) is 25.7 Å².